The van der Waals surface area contributed by atoms with Crippen LogP contribution in [0, 0.1) is 5.82 Å². The molecule has 0 aliphatic heterocycles. The van der Waals surface area contributed by atoms with Gasteiger partial charge in [0, 0.05) is 0 Å². The Labute approximate surface area is 156 Å². The van der Waals surface area contributed by atoms with Gasteiger partial charge in [0.2, 0.25) is 0 Å². The molecule has 27 heavy (non-hydrogen) atoms. The van der Waals surface area contributed by atoms with E-state index in [0.29, 0.717) is 0 Å². The predicted octanol–water partition coefficient (Wildman–Crippen LogP) is 2.37. The van der Waals surface area contributed by atoms with Crippen molar-refractivity contribution in [2.75, 3.05) is 24.6 Å². The number of halogens is 1. The SMILES string of the molecule is CCOC(=O)c1ccc(N(CC(=O)OC)S(=O)(=O)c2ccc(F)cc2)cc1. The minimum atomic E-state index is -4.17. The van der Waals surface area contributed by atoms with Crippen LogP contribution in [0.2, 0.25) is 0 Å². The molecule has 0 N–H and O–H groups in total. The molecular formula is C18H18FNO6S. The number of anilines is 1. The maximum Gasteiger partial charge on any atom is 0.338 e. The molecule has 2 aromatic carbocycles. The highest BCUT2D eigenvalue weighted by atomic mass is 32.2. The second-order valence-corrected chi connectivity index (χ2v) is 7.17. The molecule has 0 aliphatic rings. The second-order valence-electron chi connectivity index (χ2n) is 5.31. The van der Waals surface area contributed by atoms with Crippen molar-refractivity contribution in [1.29, 1.82) is 0 Å². The van der Waals surface area contributed by atoms with Crippen LogP contribution in [0.5, 0.6) is 0 Å². The predicted molar refractivity (Wildman–Crippen MR) is 95.3 cm³/mol. The van der Waals surface area contributed by atoms with E-state index in [1.165, 1.54) is 24.3 Å². The quantitative estimate of drug-likeness (QED) is 0.669. The summed E-state index contributed by atoms with van der Waals surface area (Å²) in [6, 6.07) is 9.73. The van der Waals surface area contributed by atoms with Crippen molar-refractivity contribution < 1.29 is 31.9 Å². The van der Waals surface area contributed by atoms with E-state index >= 15 is 0 Å². The number of rotatable bonds is 7. The monoisotopic (exact) mass is 395 g/mol. The van der Waals surface area contributed by atoms with E-state index in [1.54, 1.807) is 6.92 Å². The fraction of sp³-hybridized carbons (Fsp3) is 0.222. The van der Waals surface area contributed by atoms with E-state index < -0.39 is 34.3 Å². The smallest absolute Gasteiger partial charge is 0.338 e. The molecule has 0 heterocycles. The topological polar surface area (TPSA) is 90.0 Å². The molecule has 0 radical (unpaired) electrons. The van der Waals surface area contributed by atoms with Crippen molar-refractivity contribution in [1.82, 2.24) is 0 Å². The lowest BCUT2D eigenvalue weighted by Gasteiger charge is -2.23. The standard InChI is InChI=1S/C18H18FNO6S/c1-3-26-18(22)13-4-8-15(9-5-13)20(12-17(21)25-2)27(23,24)16-10-6-14(19)7-11-16/h4-11H,3,12H2,1-2H3. The molecule has 0 fully saturated rings. The highest BCUT2D eigenvalue weighted by molar-refractivity contribution is 7.92. The number of sulfonamides is 1. The summed E-state index contributed by atoms with van der Waals surface area (Å²) in [6.45, 7) is 1.28. The van der Waals surface area contributed by atoms with Crippen LogP contribution in [0.1, 0.15) is 17.3 Å². The minimum absolute atomic E-state index is 0.137. The van der Waals surface area contributed by atoms with Crippen molar-refractivity contribution in [3.8, 4) is 0 Å². The third-order valence-electron chi connectivity index (χ3n) is 3.57. The lowest BCUT2D eigenvalue weighted by Crippen LogP contribution is -2.36. The van der Waals surface area contributed by atoms with E-state index in [2.05, 4.69) is 4.74 Å². The summed E-state index contributed by atoms with van der Waals surface area (Å²) in [5.41, 5.74) is 0.371. The van der Waals surface area contributed by atoms with E-state index in [4.69, 9.17) is 4.74 Å². The molecule has 0 aromatic heterocycles. The molecule has 0 spiro atoms. The van der Waals surface area contributed by atoms with E-state index in [1.807, 2.05) is 0 Å². The molecule has 2 aromatic rings. The first-order valence-corrected chi connectivity index (χ1v) is 9.36. The number of hydrogen-bond donors (Lipinski definition) is 0. The Morgan fingerprint density at radius 1 is 1.04 bits per heavy atom. The number of methoxy groups -OCH3 is 1. The van der Waals surface area contributed by atoms with Crippen molar-refractivity contribution >= 4 is 27.6 Å². The summed E-state index contributed by atoms with van der Waals surface area (Å²) in [4.78, 5) is 23.3. The zero-order chi connectivity index (χ0) is 20.0. The molecule has 0 unspecified atom stereocenters. The highest BCUT2D eigenvalue weighted by Gasteiger charge is 2.27. The van der Waals surface area contributed by atoms with Crippen LogP contribution < -0.4 is 4.31 Å². The molecule has 7 nitrogen and oxygen atoms in total. The van der Waals surface area contributed by atoms with Gasteiger partial charge in [-0.2, -0.15) is 0 Å². The van der Waals surface area contributed by atoms with E-state index in [0.717, 1.165) is 35.7 Å². The van der Waals surface area contributed by atoms with E-state index in [9.17, 15) is 22.4 Å². The van der Waals surface area contributed by atoms with Crippen LogP contribution in [0.3, 0.4) is 0 Å². The van der Waals surface area contributed by atoms with Gasteiger partial charge < -0.3 is 9.47 Å². The van der Waals surface area contributed by atoms with E-state index in [-0.39, 0.29) is 22.8 Å². The Balaban J connectivity index is 2.43. The summed E-state index contributed by atoms with van der Waals surface area (Å²) in [6.07, 6.45) is 0. The van der Waals surface area contributed by atoms with Gasteiger partial charge in [-0.3, -0.25) is 9.10 Å². The molecule has 0 saturated carbocycles. The first-order valence-electron chi connectivity index (χ1n) is 7.92. The van der Waals surface area contributed by atoms with Gasteiger partial charge in [-0.1, -0.05) is 0 Å². The Bertz CT molecular complexity index is 910. The lowest BCUT2D eigenvalue weighted by molar-refractivity contribution is -0.138. The summed E-state index contributed by atoms with van der Waals surface area (Å²) >= 11 is 0. The maximum absolute atomic E-state index is 13.1. The van der Waals surface area contributed by atoms with Gasteiger partial charge in [-0.25, -0.2) is 17.6 Å². The Hall–Kier alpha value is -2.94. The number of nitrogens with zero attached hydrogens (tertiary/aromatic N) is 1. The van der Waals surface area contributed by atoms with Gasteiger partial charge in [0.1, 0.15) is 12.4 Å². The van der Waals surface area contributed by atoms with Gasteiger partial charge in [0.25, 0.3) is 10.0 Å². The molecule has 2 rings (SSSR count). The molecule has 144 valence electrons. The van der Waals surface area contributed by atoms with Gasteiger partial charge >= 0.3 is 11.9 Å². The van der Waals surface area contributed by atoms with Crippen LogP contribution >= 0.6 is 0 Å². The van der Waals surface area contributed by atoms with Gasteiger partial charge in [0.15, 0.2) is 0 Å². The molecule has 0 saturated heterocycles. The number of esters is 2. The molecule has 0 aliphatic carbocycles. The number of hydrogen-bond acceptors (Lipinski definition) is 6. The summed E-state index contributed by atoms with van der Waals surface area (Å²) in [5, 5.41) is 0. The second kappa shape index (κ2) is 8.63. The Morgan fingerprint density at radius 2 is 1.63 bits per heavy atom. The minimum Gasteiger partial charge on any atom is -0.468 e. The normalized spacial score (nSPS) is 10.9. The first-order chi connectivity index (χ1) is 12.8. The fourth-order valence-corrected chi connectivity index (χ4v) is 3.62. The first kappa shape index (κ1) is 20.4. The Morgan fingerprint density at radius 3 is 2.15 bits per heavy atom. The van der Waals surface area contributed by atoms with Crippen LogP contribution in [0.15, 0.2) is 53.4 Å². The summed E-state index contributed by atoms with van der Waals surface area (Å²) < 4.78 is 49.2. The van der Waals surface area contributed by atoms with Crippen molar-refractivity contribution in [2.24, 2.45) is 0 Å². The number of carbonyl (C=O) groups is 2. The third-order valence-corrected chi connectivity index (χ3v) is 5.36. The lowest BCUT2D eigenvalue weighted by atomic mass is 10.2. The van der Waals surface area contributed by atoms with Gasteiger partial charge in [-0.05, 0) is 55.5 Å². The molecule has 0 atom stereocenters. The average molecular weight is 395 g/mol. The maximum atomic E-state index is 13.1. The van der Waals surface area contributed by atoms with Crippen LogP contribution in [-0.2, 0) is 24.3 Å². The number of ether oxygens (including phenoxy) is 2. The Kier molecular flexibility index (Phi) is 6.51. The zero-order valence-electron chi connectivity index (χ0n) is 14.7. The van der Waals surface area contributed by atoms with Crippen LogP contribution in [0.4, 0.5) is 10.1 Å². The summed E-state index contributed by atoms with van der Waals surface area (Å²) in [7, 11) is -3.04. The summed E-state index contributed by atoms with van der Waals surface area (Å²) in [5.74, 6) is -1.92. The van der Waals surface area contributed by atoms with Crippen molar-refractivity contribution in [3.63, 3.8) is 0 Å². The fourth-order valence-electron chi connectivity index (χ4n) is 2.21. The van der Waals surface area contributed by atoms with Crippen LogP contribution in [-0.4, -0.2) is 40.6 Å². The third kappa shape index (κ3) is 4.82. The number of carbonyl (C=O) groups excluding carboxylic acids is 2. The molecular weight excluding hydrogens is 377 g/mol. The van der Waals surface area contributed by atoms with Gasteiger partial charge in [0.05, 0.1) is 29.9 Å². The largest absolute Gasteiger partial charge is 0.468 e. The van der Waals surface area contributed by atoms with Crippen molar-refractivity contribution in [2.45, 2.75) is 11.8 Å². The molecule has 0 bridgehead atoms. The number of benzene rings is 2. The molecule has 9 heteroatoms. The molecule has 0 amide bonds. The highest BCUT2D eigenvalue weighted by Crippen LogP contribution is 2.24. The zero-order valence-corrected chi connectivity index (χ0v) is 15.5. The average Bonchev–Trinajstić information content (AvgIpc) is 2.66. The van der Waals surface area contributed by atoms with Crippen molar-refractivity contribution in [3.05, 3.63) is 59.9 Å². The van der Waals surface area contributed by atoms with Crippen LogP contribution in [0.25, 0.3) is 0 Å². The van der Waals surface area contributed by atoms with Gasteiger partial charge in [-0.15, -0.1) is 0 Å².